The van der Waals surface area contributed by atoms with Gasteiger partial charge < -0.3 is 10.1 Å². The summed E-state index contributed by atoms with van der Waals surface area (Å²) in [7, 11) is 1.67. The van der Waals surface area contributed by atoms with Crippen molar-refractivity contribution in [2.45, 2.75) is 18.6 Å². The van der Waals surface area contributed by atoms with Gasteiger partial charge >= 0.3 is 0 Å². The molecule has 0 aromatic heterocycles. The van der Waals surface area contributed by atoms with Crippen molar-refractivity contribution in [3.63, 3.8) is 0 Å². The van der Waals surface area contributed by atoms with E-state index >= 15 is 0 Å². The van der Waals surface area contributed by atoms with Crippen molar-refractivity contribution in [1.29, 1.82) is 0 Å². The largest absolute Gasteiger partial charge is 0.496 e. The first-order valence-corrected chi connectivity index (χ1v) is 7.31. The molecular formula is C18H21ClFNO. The molecule has 0 saturated heterocycles. The van der Waals surface area contributed by atoms with Crippen LogP contribution in [0.2, 0.25) is 0 Å². The molecular weight excluding hydrogens is 301 g/mol. The first-order valence-electron chi connectivity index (χ1n) is 7.31. The highest BCUT2D eigenvalue weighted by Gasteiger charge is 2.55. The molecule has 1 aliphatic carbocycles. The number of benzene rings is 2. The highest BCUT2D eigenvalue weighted by Crippen LogP contribution is 2.55. The third-order valence-electron chi connectivity index (χ3n) is 4.18. The molecule has 118 valence electrons. The van der Waals surface area contributed by atoms with Gasteiger partial charge in [0.2, 0.25) is 0 Å². The van der Waals surface area contributed by atoms with E-state index in [1.807, 2.05) is 54.6 Å². The highest BCUT2D eigenvalue weighted by molar-refractivity contribution is 5.85. The van der Waals surface area contributed by atoms with E-state index in [4.69, 9.17) is 4.74 Å². The summed E-state index contributed by atoms with van der Waals surface area (Å²) in [6.45, 7) is 1.38. The van der Waals surface area contributed by atoms with Crippen LogP contribution in [-0.2, 0) is 12.2 Å². The molecule has 2 nitrogen and oxygen atoms in total. The van der Waals surface area contributed by atoms with Crippen molar-refractivity contribution in [2.24, 2.45) is 5.92 Å². The van der Waals surface area contributed by atoms with Crippen LogP contribution < -0.4 is 10.1 Å². The zero-order valence-corrected chi connectivity index (χ0v) is 13.4. The molecule has 0 radical (unpaired) electrons. The Labute approximate surface area is 137 Å². The van der Waals surface area contributed by atoms with Crippen molar-refractivity contribution < 1.29 is 9.13 Å². The summed E-state index contributed by atoms with van der Waals surface area (Å²) in [5.41, 5.74) is 0.758. The van der Waals surface area contributed by atoms with Crippen molar-refractivity contribution in [1.82, 2.24) is 5.32 Å². The van der Waals surface area contributed by atoms with Gasteiger partial charge in [0.25, 0.3) is 0 Å². The molecule has 4 heteroatoms. The second kappa shape index (κ2) is 7.12. The lowest BCUT2D eigenvalue weighted by molar-refractivity contribution is 0.283. The van der Waals surface area contributed by atoms with Crippen LogP contribution in [0.1, 0.15) is 17.5 Å². The maximum atomic E-state index is 14.7. The van der Waals surface area contributed by atoms with Crippen LogP contribution >= 0.6 is 12.4 Å². The zero-order valence-electron chi connectivity index (χ0n) is 12.6. The lowest BCUT2D eigenvalue weighted by Gasteiger charge is -2.11. The molecule has 3 rings (SSSR count). The summed E-state index contributed by atoms with van der Waals surface area (Å²) >= 11 is 0. The van der Waals surface area contributed by atoms with E-state index in [2.05, 4.69) is 5.32 Å². The van der Waals surface area contributed by atoms with Crippen LogP contribution in [0.4, 0.5) is 4.39 Å². The van der Waals surface area contributed by atoms with Gasteiger partial charge in [0.1, 0.15) is 11.4 Å². The summed E-state index contributed by atoms with van der Waals surface area (Å²) in [6.07, 6.45) is 0.607. The average Bonchev–Trinajstić information content (AvgIpc) is 3.20. The Morgan fingerprint density at radius 3 is 2.55 bits per heavy atom. The summed E-state index contributed by atoms with van der Waals surface area (Å²) in [6, 6.07) is 17.4. The van der Waals surface area contributed by atoms with Gasteiger partial charge in [0.05, 0.1) is 7.11 Å². The average molecular weight is 322 g/mol. The van der Waals surface area contributed by atoms with Gasteiger partial charge in [-0.1, -0.05) is 48.5 Å². The molecule has 0 aliphatic heterocycles. The number of hydrogen-bond donors (Lipinski definition) is 1. The Bertz CT molecular complexity index is 607. The molecule has 1 aliphatic rings. The van der Waals surface area contributed by atoms with Crippen LogP contribution in [0.25, 0.3) is 0 Å². The van der Waals surface area contributed by atoms with E-state index in [0.29, 0.717) is 19.5 Å². The van der Waals surface area contributed by atoms with Crippen molar-refractivity contribution in [3.8, 4) is 5.75 Å². The minimum absolute atomic E-state index is 0. The SMILES string of the molecule is COc1ccccc1CNC[C@H]1C[C@]1(F)c1ccccc1.Cl. The number of alkyl halides is 1. The topological polar surface area (TPSA) is 21.3 Å². The minimum Gasteiger partial charge on any atom is -0.496 e. The second-order valence-electron chi connectivity index (χ2n) is 5.57. The Morgan fingerprint density at radius 2 is 1.82 bits per heavy atom. The lowest BCUT2D eigenvalue weighted by atomic mass is 10.1. The molecule has 0 amide bonds. The molecule has 2 atom stereocenters. The van der Waals surface area contributed by atoms with Crippen LogP contribution in [-0.4, -0.2) is 13.7 Å². The normalized spacial score (nSPS) is 22.7. The fraction of sp³-hybridized carbons (Fsp3) is 0.333. The Balaban J connectivity index is 0.00000176. The quantitative estimate of drug-likeness (QED) is 0.865. The molecule has 2 aromatic rings. The van der Waals surface area contributed by atoms with E-state index in [1.165, 1.54) is 0 Å². The number of hydrogen-bond acceptors (Lipinski definition) is 2. The standard InChI is InChI=1S/C18H20FNO.ClH/c1-21-17-10-6-5-7-14(17)12-20-13-16-11-18(16,19)15-8-3-2-4-9-15;/h2-10,16,20H,11-13H2,1H3;1H/t16-,18+;/m1./s1. The smallest absolute Gasteiger partial charge is 0.140 e. The van der Waals surface area contributed by atoms with Gasteiger partial charge in [-0.2, -0.15) is 0 Å². The number of para-hydroxylation sites is 1. The van der Waals surface area contributed by atoms with Gasteiger partial charge in [0.15, 0.2) is 0 Å². The Kier molecular flexibility index (Phi) is 5.43. The summed E-state index contributed by atoms with van der Waals surface area (Å²) < 4.78 is 20.0. The fourth-order valence-electron chi connectivity index (χ4n) is 2.83. The van der Waals surface area contributed by atoms with Crippen molar-refractivity contribution >= 4 is 12.4 Å². The van der Waals surface area contributed by atoms with Crippen LogP contribution in [0.15, 0.2) is 54.6 Å². The number of halogens is 2. The van der Waals surface area contributed by atoms with E-state index in [-0.39, 0.29) is 18.3 Å². The third kappa shape index (κ3) is 3.42. The van der Waals surface area contributed by atoms with E-state index in [9.17, 15) is 4.39 Å². The minimum atomic E-state index is -1.14. The second-order valence-corrected chi connectivity index (χ2v) is 5.57. The van der Waals surface area contributed by atoms with Crippen molar-refractivity contribution in [3.05, 3.63) is 65.7 Å². The molecule has 0 unspecified atom stereocenters. The van der Waals surface area contributed by atoms with Crippen LogP contribution in [0, 0.1) is 5.92 Å². The molecule has 0 bridgehead atoms. The van der Waals surface area contributed by atoms with E-state index in [1.54, 1.807) is 7.11 Å². The molecule has 1 N–H and O–H groups in total. The Morgan fingerprint density at radius 1 is 1.14 bits per heavy atom. The summed E-state index contributed by atoms with van der Waals surface area (Å²) in [4.78, 5) is 0. The summed E-state index contributed by atoms with van der Waals surface area (Å²) in [5, 5.41) is 3.34. The van der Waals surface area contributed by atoms with Crippen molar-refractivity contribution in [2.75, 3.05) is 13.7 Å². The number of nitrogens with one attached hydrogen (secondary N) is 1. The molecule has 1 fully saturated rings. The highest BCUT2D eigenvalue weighted by atomic mass is 35.5. The number of rotatable bonds is 6. The molecule has 22 heavy (non-hydrogen) atoms. The van der Waals surface area contributed by atoms with Gasteiger partial charge in [-0.05, 0) is 18.1 Å². The predicted octanol–water partition coefficient (Wildman–Crippen LogP) is 4.09. The number of ether oxygens (including phenoxy) is 1. The maximum absolute atomic E-state index is 14.7. The molecule has 2 aromatic carbocycles. The van der Waals surface area contributed by atoms with Gasteiger partial charge in [-0.25, -0.2) is 4.39 Å². The van der Waals surface area contributed by atoms with E-state index < -0.39 is 5.67 Å². The van der Waals surface area contributed by atoms with Gasteiger partial charge in [-0.15, -0.1) is 12.4 Å². The molecule has 0 spiro atoms. The maximum Gasteiger partial charge on any atom is 0.140 e. The lowest BCUT2D eigenvalue weighted by Crippen LogP contribution is -2.19. The van der Waals surface area contributed by atoms with Gasteiger partial charge in [-0.3, -0.25) is 0 Å². The molecule has 0 heterocycles. The van der Waals surface area contributed by atoms with E-state index in [0.717, 1.165) is 16.9 Å². The fourth-order valence-corrected chi connectivity index (χ4v) is 2.83. The first kappa shape index (κ1) is 16.8. The predicted molar refractivity (Wildman–Crippen MR) is 89.3 cm³/mol. The summed E-state index contributed by atoms with van der Waals surface area (Å²) in [5.74, 6) is 0.935. The zero-order chi connectivity index (χ0) is 14.7. The first-order chi connectivity index (χ1) is 10.2. The molecule has 1 saturated carbocycles. The Hall–Kier alpha value is -1.58. The van der Waals surface area contributed by atoms with Crippen LogP contribution in [0.3, 0.4) is 0 Å². The van der Waals surface area contributed by atoms with Gasteiger partial charge in [0, 0.05) is 24.6 Å². The van der Waals surface area contributed by atoms with Crippen LogP contribution in [0.5, 0.6) is 5.75 Å². The number of methoxy groups -OCH3 is 1. The monoisotopic (exact) mass is 321 g/mol. The third-order valence-corrected chi connectivity index (χ3v) is 4.18.